The molecular weight excluding hydrogens is 318 g/mol. The Morgan fingerprint density at radius 2 is 2.24 bits per heavy atom. The van der Waals surface area contributed by atoms with Crippen molar-refractivity contribution in [3.8, 4) is 6.07 Å². The second-order valence-corrected chi connectivity index (χ2v) is 6.89. The number of anilines is 2. The van der Waals surface area contributed by atoms with E-state index in [0.29, 0.717) is 13.2 Å². The maximum atomic E-state index is 9.70. The molecule has 1 aromatic rings. The smallest absolute Gasteiger partial charge is 0.237 e. The molecule has 7 heteroatoms. The SMILES string of the molecule is COCCNc1[nH+]c(NC[C@@H]2CCCO2)c2c(c1C#N)CC[NH+](C)C2. The number of aromatic nitrogens is 1. The summed E-state index contributed by atoms with van der Waals surface area (Å²) in [6.45, 7) is 4.89. The summed E-state index contributed by atoms with van der Waals surface area (Å²) in [5.74, 6) is 1.80. The van der Waals surface area contributed by atoms with E-state index in [1.807, 2.05) is 0 Å². The number of ether oxygens (including phenoxy) is 2. The number of pyridine rings is 1. The van der Waals surface area contributed by atoms with Gasteiger partial charge in [-0.2, -0.15) is 5.26 Å². The Hall–Kier alpha value is -1.88. The number of quaternary nitrogens is 1. The van der Waals surface area contributed by atoms with Gasteiger partial charge >= 0.3 is 0 Å². The zero-order valence-electron chi connectivity index (χ0n) is 15.2. The third kappa shape index (κ3) is 4.21. The molecule has 0 amide bonds. The number of H-pyrrole nitrogens is 1. The van der Waals surface area contributed by atoms with Crippen LogP contribution in [-0.2, 0) is 22.4 Å². The number of nitriles is 1. The lowest BCUT2D eigenvalue weighted by Gasteiger charge is -2.24. The molecule has 3 heterocycles. The molecule has 1 unspecified atom stereocenters. The van der Waals surface area contributed by atoms with Crippen molar-refractivity contribution in [1.29, 1.82) is 5.26 Å². The molecule has 0 saturated carbocycles. The van der Waals surface area contributed by atoms with Gasteiger partial charge in [0, 0.05) is 20.1 Å². The molecule has 0 aromatic carbocycles. The highest BCUT2D eigenvalue weighted by Gasteiger charge is 2.29. The van der Waals surface area contributed by atoms with Crippen LogP contribution in [0.4, 0.5) is 11.6 Å². The van der Waals surface area contributed by atoms with E-state index in [-0.39, 0.29) is 6.10 Å². The molecule has 1 fully saturated rings. The summed E-state index contributed by atoms with van der Waals surface area (Å²) in [6.07, 6.45) is 3.44. The highest BCUT2D eigenvalue weighted by Crippen LogP contribution is 2.26. The minimum absolute atomic E-state index is 0.276. The summed E-state index contributed by atoms with van der Waals surface area (Å²) in [6, 6.07) is 2.39. The van der Waals surface area contributed by atoms with Crippen LogP contribution in [0.15, 0.2) is 0 Å². The van der Waals surface area contributed by atoms with Gasteiger partial charge in [-0.3, -0.25) is 0 Å². The van der Waals surface area contributed by atoms with Crippen LogP contribution in [0, 0.1) is 11.3 Å². The van der Waals surface area contributed by atoms with Gasteiger partial charge in [-0.05, 0) is 18.4 Å². The number of methoxy groups -OCH3 is 1. The molecule has 2 aliphatic heterocycles. The first-order valence-electron chi connectivity index (χ1n) is 9.13. The summed E-state index contributed by atoms with van der Waals surface area (Å²) in [5.41, 5.74) is 3.14. The van der Waals surface area contributed by atoms with Gasteiger partial charge in [0.1, 0.15) is 18.2 Å². The first-order valence-corrected chi connectivity index (χ1v) is 9.13. The summed E-state index contributed by atoms with van der Waals surface area (Å²) < 4.78 is 10.8. The van der Waals surface area contributed by atoms with E-state index in [9.17, 15) is 5.26 Å². The van der Waals surface area contributed by atoms with Gasteiger partial charge in [-0.15, -0.1) is 0 Å². The predicted molar refractivity (Wildman–Crippen MR) is 94.7 cm³/mol. The summed E-state index contributed by atoms with van der Waals surface area (Å²) >= 11 is 0. The maximum Gasteiger partial charge on any atom is 0.237 e. The Balaban J connectivity index is 1.87. The Labute approximate surface area is 149 Å². The number of nitrogens with one attached hydrogen (secondary N) is 4. The number of fused-ring (bicyclic) bond motifs is 1. The van der Waals surface area contributed by atoms with Gasteiger partial charge in [-0.25, -0.2) is 4.98 Å². The number of likely N-dealkylation sites (N-methyl/N-ethyl adjacent to an activating group) is 1. The number of nitrogens with zero attached hydrogens (tertiary/aromatic N) is 1. The first kappa shape index (κ1) is 17.9. The molecule has 2 aliphatic rings. The molecule has 7 nitrogen and oxygen atoms in total. The Kier molecular flexibility index (Phi) is 6.08. The minimum Gasteiger partial charge on any atom is -0.381 e. The van der Waals surface area contributed by atoms with Crippen molar-refractivity contribution in [3.05, 3.63) is 16.7 Å². The van der Waals surface area contributed by atoms with Crippen LogP contribution < -0.4 is 20.5 Å². The second kappa shape index (κ2) is 8.48. The summed E-state index contributed by atoms with van der Waals surface area (Å²) in [7, 11) is 3.88. The normalized spacial score (nSPS) is 22.3. The summed E-state index contributed by atoms with van der Waals surface area (Å²) in [4.78, 5) is 4.89. The van der Waals surface area contributed by atoms with E-state index < -0.39 is 0 Å². The fourth-order valence-corrected chi connectivity index (χ4v) is 3.62. The monoisotopic (exact) mass is 347 g/mol. The Morgan fingerprint density at radius 1 is 1.36 bits per heavy atom. The zero-order chi connectivity index (χ0) is 17.6. The van der Waals surface area contributed by atoms with E-state index in [1.54, 1.807) is 7.11 Å². The Bertz CT molecular complexity index is 637. The van der Waals surface area contributed by atoms with Gasteiger partial charge in [0.25, 0.3) is 0 Å². The predicted octanol–water partition coefficient (Wildman–Crippen LogP) is -0.408. The largest absolute Gasteiger partial charge is 0.381 e. The lowest BCUT2D eigenvalue weighted by molar-refractivity contribution is -0.895. The van der Waals surface area contributed by atoms with Crippen LogP contribution in [0.1, 0.15) is 29.5 Å². The van der Waals surface area contributed by atoms with Crippen molar-refractivity contribution in [2.75, 3.05) is 57.6 Å². The van der Waals surface area contributed by atoms with Crippen LogP contribution in [0.3, 0.4) is 0 Å². The fraction of sp³-hybridized carbons (Fsp3) is 0.667. The topological polar surface area (TPSA) is 84.9 Å². The van der Waals surface area contributed by atoms with Gasteiger partial charge in [0.15, 0.2) is 0 Å². The van der Waals surface area contributed by atoms with Crippen molar-refractivity contribution >= 4 is 11.6 Å². The molecular formula is C18H29N5O2+2. The molecule has 0 aliphatic carbocycles. The van der Waals surface area contributed by atoms with Crippen LogP contribution in [-0.4, -0.2) is 53.1 Å². The molecule has 2 atom stereocenters. The fourth-order valence-electron chi connectivity index (χ4n) is 3.62. The third-order valence-electron chi connectivity index (χ3n) is 5.00. The second-order valence-electron chi connectivity index (χ2n) is 6.89. The molecule has 136 valence electrons. The van der Waals surface area contributed by atoms with E-state index in [4.69, 9.17) is 9.47 Å². The first-order chi connectivity index (χ1) is 12.2. The van der Waals surface area contributed by atoms with Gasteiger partial charge < -0.3 is 25.0 Å². The highest BCUT2D eigenvalue weighted by atomic mass is 16.5. The van der Waals surface area contributed by atoms with Gasteiger partial charge in [-0.1, -0.05) is 0 Å². The average molecular weight is 347 g/mol. The minimum atomic E-state index is 0.276. The van der Waals surface area contributed by atoms with E-state index >= 15 is 0 Å². The van der Waals surface area contributed by atoms with E-state index in [1.165, 1.54) is 16.0 Å². The van der Waals surface area contributed by atoms with E-state index in [2.05, 4.69) is 28.7 Å². The van der Waals surface area contributed by atoms with Crippen LogP contribution in [0.25, 0.3) is 0 Å². The molecule has 1 aromatic heterocycles. The van der Waals surface area contributed by atoms with Gasteiger partial charge in [0.2, 0.25) is 11.6 Å². The zero-order valence-corrected chi connectivity index (χ0v) is 15.2. The number of hydrogen-bond donors (Lipinski definition) is 3. The van der Waals surface area contributed by atoms with Crippen molar-refractivity contribution in [2.24, 2.45) is 0 Å². The van der Waals surface area contributed by atoms with Crippen molar-refractivity contribution in [2.45, 2.75) is 31.9 Å². The van der Waals surface area contributed by atoms with E-state index in [0.717, 1.165) is 62.7 Å². The number of rotatable bonds is 7. The number of hydrogen-bond acceptors (Lipinski definition) is 5. The lowest BCUT2D eigenvalue weighted by atomic mass is 9.96. The quantitative estimate of drug-likeness (QED) is 0.584. The highest BCUT2D eigenvalue weighted by molar-refractivity contribution is 5.60. The number of aromatic amines is 1. The van der Waals surface area contributed by atoms with Gasteiger partial charge in [0.05, 0.1) is 45.0 Å². The van der Waals surface area contributed by atoms with Crippen molar-refractivity contribution < 1.29 is 19.4 Å². The van der Waals surface area contributed by atoms with Crippen molar-refractivity contribution in [3.63, 3.8) is 0 Å². The Morgan fingerprint density at radius 3 is 2.96 bits per heavy atom. The molecule has 4 N–H and O–H groups in total. The molecule has 0 radical (unpaired) electrons. The standard InChI is InChI=1S/C18H27N5O2/c1-23-7-5-14-15(10-19)17(20-6-9-24-2)22-18(16(14)12-23)21-11-13-4-3-8-25-13/h13H,3-9,11-12H2,1-2H3,(H2,20,21,22)/p+2/t13-/m0/s1. The van der Waals surface area contributed by atoms with Crippen LogP contribution in [0.2, 0.25) is 0 Å². The molecule has 0 spiro atoms. The maximum absolute atomic E-state index is 9.70. The van der Waals surface area contributed by atoms with Crippen LogP contribution in [0.5, 0.6) is 0 Å². The molecule has 25 heavy (non-hydrogen) atoms. The van der Waals surface area contributed by atoms with Crippen LogP contribution >= 0.6 is 0 Å². The molecule has 1 saturated heterocycles. The average Bonchev–Trinajstić information content (AvgIpc) is 3.13. The lowest BCUT2D eigenvalue weighted by Crippen LogP contribution is -3.08. The third-order valence-corrected chi connectivity index (χ3v) is 5.00. The molecule has 3 rings (SSSR count). The van der Waals surface area contributed by atoms with Crippen molar-refractivity contribution in [1.82, 2.24) is 0 Å². The molecule has 0 bridgehead atoms. The summed E-state index contributed by atoms with van der Waals surface area (Å²) in [5, 5.41) is 16.6.